The zero-order valence-corrected chi connectivity index (χ0v) is 10.3. The van der Waals surface area contributed by atoms with Crippen LogP contribution < -0.4 is 4.74 Å². The number of aliphatic carboxylic acids is 1. The van der Waals surface area contributed by atoms with Crippen molar-refractivity contribution in [2.75, 3.05) is 6.61 Å². The monoisotopic (exact) mass is 248 g/mol. The van der Waals surface area contributed by atoms with Crippen LogP contribution in [0.1, 0.15) is 18.9 Å². The predicted molar refractivity (Wildman–Crippen MR) is 67.7 cm³/mol. The number of carbonyl (C=O) groups is 2. The molecule has 1 aromatic rings. The Morgan fingerprint density at radius 2 is 1.94 bits per heavy atom. The van der Waals surface area contributed by atoms with Crippen LogP contribution in [0.4, 0.5) is 0 Å². The molecule has 0 saturated heterocycles. The Balaban J connectivity index is 2.40. The van der Waals surface area contributed by atoms with E-state index in [2.05, 4.69) is 0 Å². The van der Waals surface area contributed by atoms with Gasteiger partial charge >= 0.3 is 5.97 Å². The van der Waals surface area contributed by atoms with Crippen molar-refractivity contribution < 1.29 is 19.4 Å². The molecule has 0 bridgehead atoms. The lowest BCUT2D eigenvalue weighted by Gasteiger charge is -2.04. The second-order valence-corrected chi connectivity index (χ2v) is 3.90. The molecular weight excluding hydrogens is 232 g/mol. The van der Waals surface area contributed by atoms with Gasteiger partial charge in [-0.2, -0.15) is 0 Å². The molecule has 0 aliphatic carbocycles. The third-order valence-electron chi connectivity index (χ3n) is 2.30. The van der Waals surface area contributed by atoms with E-state index in [0.29, 0.717) is 12.2 Å². The Hall–Kier alpha value is -2.10. The molecular formula is C14H16O4. The molecule has 0 spiro atoms. The van der Waals surface area contributed by atoms with Crippen LogP contribution in [0.2, 0.25) is 0 Å². The number of rotatable bonds is 7. The highest BCUT2D eigenvalue weighted by molar-refractivity contribution is 5.79. The molecule has 0 saturated carbocycles. The lowest BCUT2D eigenvalue weighted by molar-refractivity contribution is -0.131. The standard InChI is InChI=1S/C14H16O4/c1-11(15)4-5-12-6-8-13(9-7-12)18-10-2-3-14(16)17/h2-3,6-9H,4-5,10H2,1H3,(H,16,17). The molecule has 0 aliphatic rings. The number of ketones is 1. The molecule has 0 aliphatic heterocycles. The van der Waals surface area contributed by atoms with Gasteiger partial charge in [0.2, 0.25) is 0 Å². The quantitative estimate of drug-likeness (QED) is 0.751. The lowest BCUT2D eigenvalue weighted by Crippen LogP contribution is -1.97. The predicted octanol–water partition coefficient (Wildman–Crippen LogP) is 2.23. The summed E-state index contributed by atoms with van der Waals surface area (Å²) in [4.78, 5) is 21.0. The van der Waals surface area contributed by atoms with Gasteiger partial charge in [0.25, 0.3) is 0 Å². The fourth-order valence-electron chi connectivity index (χ4n) is 1.37. The van der Waals surface area contributed by atoms with E-state index in [1.165, 1.54) is 6.08 Å². The van der Waals surface area contributed by atoms with Crippen molar-refractivity contribution in [2.45, 2.75) is 19.8 Å². The van der Waals surface area contributed by atoms with Gasteiger partial charge in [0, 0.05) is 12.5 Å². The van der Waals surface area contributed by atoms with Crippen molar-refractivity contribution in [3.63, 3.8) is 0 Å². The smallest absolute Gasteiger partial charge is 0.328 e. The summed E-state index contributed by atoms with van der Waals surface area (Å²) in [7, 11) is 0. The molecule has 1 N–H and O–H groups in total. The highest BCUT2D eigenvalue weighted by Gasteiger charge is 1.98. The van der Waals surface area contributed by atoms with Gasteiger partial charge in [-0.1, -0.05) is 12.1 Å². The maximum Gasteiger partial charge on any atom is 0.328 e. The number of hydrogen-bond acceptors (Lipinski definition) is 3. The zero-order chi connectivity index (χ0) is 13.4. The first-order valence-electron chi connectivity index (χ1n) is 5.68. The van der Waals surface area contributed by atoms with Crippen LogP contribution >= 0.6 is 0 Å². The summed E-state index contributed by atoms with van der Waals surface area (Å²) in [5.74, 6) is -0.135. The van der Waals surface area contributed by atoms with Crippen molar-refractivity contribution in [1.82, 2.24) is 0 Å². The normalized spacial score (nSPS) is 10.5. The summed E-state index contributed by atoms with van der Waals surface area (Å²) in [6.45, 7) is 1.80. The van der Waals surface area contributed by atoms with E-state index < -0.39 is 5.97 Å². The first-order chi connectivity index (χ1) is 8.58. The van der Waals surface area contributed by atoms with Crippen LogP contribution in [0.5, 0.6) is 5.75 Å². The minimum atomic E-state index is -0.988. The molecule has 0 atom stereocenters. The van der Waals surface area contributed by atoms with E-state index in [4.69, 9.17) is 9.84 Å². The fraction of sp³-hybridized carbons (Fsp3) is 0.286. The average Bonchev–Trinajstić information content (AvgIpc) is 2.33. The van der Waals surface area contributed by atoms with E-state index in [1.807, 2.05) is 24.3 Å². The van der Waals surface area contributed by atoms with Crippen LogP contribution in [0.3, 0.4) is 0 Å². The highest BCUT2D eigenvalue weighted by atomic mass is 16.5. The molecule has 1 aromatic carbocycles. The number of carbonyl (C=O) groups excluding carboxylic acids is 1. The van der Waals surface area contributed by atoms with Crippen molar-refractivity contribution in [1.29, 1.82) is 0 Å². The molecule has 0 unspecified atom stereocenters. The maximum atomic E-state index is 10.8. The summed E-state index contributed by atoms with van der Waals surface area (Å²) in [5.41, 5.74) is 1.08. The van der Waals surface area contributed by atoms with Crippen molar-refractivity contribution in [2.24, 2.45) is 0 Å². The zero-order valence-electron chi connectivity index (χ0n) is 10.3. The van der Waals surface area contributed by atoms with Crippen LogP contribution in [-0.2, 0) is 16.0 Å². The Labute approximate surface area is 106 Å². The minimum absolute atomic E-state index is 0.175. The maximum absolute atomic E-state index is 10.8. The molecule has 0 radical (unpaired) electrons. The summed E-state index contributed by atoms with van der Waals surface area (Å²) < 4.78 is 5.32. The van der Waals surface area contributed by atoms with E-state index in [9.17, 15) is 9.59 Å². The van der Waals surface area contributed by atoms with Gasteiger partial charge in [-0.25, -0.2) is 4.79 Å². The van der Waals surface area contributed by atoms with Gasteiger partial charge in [0.15, 0.2) is 0 Å². The van der Waals surface area contributed by atoms with Crippen molar-refractivity contribution in [3.8, 4) is 5.75 Å². The minimum Gasteiger partial charge on any atom is -0.490 e. The van der Waals surface area contributed by atoms with E-state index >= 15 is 0 Å². The summed E-state index contributed by atoms with van der Waals surface area (Å²) in [6.07, 6.45) is 3.75. The number of aryl methyl sites for hydroxylation is 1. The number of Topliss-reactive ketones (excluding diaryl/α,β-unsaturated/α-hetero) is 1. The molecule has 0 fully saturated rings. The number of carboxylic acids is 1. The van der Waals surface area contributed by atoms with Gasteiger partial charge in [-0.3, -0.25) is 0 Å². The first kappa shape index (κ1) is 14.0. The van der Waals surface area contributed by atoms with Gasteiger partial charge in [-0.05, 0) is 37.1 Å². The third kappa shape index (κ3) is 5.84. The average molecular weight is 248 g/mol. The largest absolute Gasteiger partial charge is 0.490 e. The molecule has 96 valence electrons. The second-order valence-electron chi connectivity index (χ2n) is 3.90. The van der Waals surface area contributed by atoms with Gasteiger partial charge in [0.05, 0.1) is 0 Å². The molecule has 0 heterocycles. The Bertz CT molecular complexity index is 432. The number of hydrogen-bond donors (Lipinski definition) is 1. The summed E-state index contributed by atoms with van der Waals surface area (Å²) >= 11 is 0. The molecule has 0 aromatic heterocycles. The SMILES string of the molecule is CC(=O)CCc1ccc(OCC=CC(=O)O)cc1. The molecule has 0 amide bonds. The first-order valence-corrected chi connectivity index (χ1v) is 5.68. The Morgan fingerprint density at radius 3 is 2.50 bits per heavy atom. The van der Waals surface area contributed by atoms with Crippen molar-refractivity contribution in [3.05, 3.63) is 42.0 Å². The van der Waals surface area contributed by atoms with Gasteiger partial charge in [-0.15, -0.1) is 0 Å². The fourth-order valence-corrected chi connectivity index (χ4v) is 1.37. The number of benzene rings is 1. The molecule has 18 heavy (non-hydrogen) atoms. The highest BCUT2D eigenvalue weighted by Crippen LogP contribution is 2.13. The molecule has 4 heteroatoms. The number of carboxylic acid groups (broad SMARTS) is 1. The van der Waals surface area contributed by atoms with Crippen LogP contribution in [0, 0.1) is 0 Å². The van der Waals surface area contributed by atoms with Crippen molar-refractivity contribution >= 4 is 11.8 Å². The third-order valence-corrected chi connectivity index (χ3v) is 2.30. The number of ether oxygens (including phenoxy) is 1. The molecule has 1 rings (SSSR count). The molecule has 4 nitrogen and oxygen atoms in total. The van der Waals surface area contributed by atoms with Crippen LogP contribution in [-0.4, -0.2) is 23.5 Å². The lowest BCUT2D eigenvalue weighted by atomic mass is 10.1. The summed E-state index contributed by atoms with van der Waals surface area (Å²) in [5, 5.41) is 8.38. The van der Waals surface area contributed by atoms with Gasteiger partial charge in [0.1, 0.15) is 18.1 Å². The van der Waals surface area contributed by atoms with E-state index in [-0.39, 0.29) is 12.4 Å². The Morgan fingerprint density at radius 1 is 1.28 bits per heavy atom. The topological polar surface area (TPSA) is 63.6 Å². The summed E-state index contributed by atoms with van der Waals surface area (Å²) in [6, 6.07) is 7.42. The van der Waals surface area contributed by atoms with Gasteiger partial charge < -0.3 is 14.6 Å². The second kappa shape index (κ2) is 7.27. The van der Waals surface area contributed by atoms with E-state index in [0.717, 1.165) is 18.1 Å². The van der Waals surface area contributed by atoms with Crippen LogP contribution in [0.15, 0.2) is 36.4 Å². The van der Waals surface area contributed by atoms with E-state index in [1.54, 1.807) is 6.92 Å². The van der Waals surface area contributed by atoms with Crippen LogP contribution in [0.25, 0.3) is 0 Å². The Kier molecular flexibility index (Phi) is 5.64.